The normalized spacial score (nSPS) is 10.7. The molecule has 116 valence electrons. The number of nitrogens with zero attached hydrogens (tertiary/aromatic N) is 1. The molecule has 3 aromatic rings. The third kappa shape index (κ3) is 3.87. The molecule has 1 heterocycles. The van der Waals surface area contributed by atoms with Crippen LogP contribution in [0.2, 0.25) is 0 Å². The van der Waals surface area contributed by atoms with E-state index < -0.39 is 0 Å². The Morgan fingerprint density at radius 3 is 2.35 bits per heavy atom. The first-order chi connectivity index (χ1) is 11.3. The second-order valence-corrected chi connectivity index (χ2v) is 6.10. The Balaban J connectivity index is 1.93. The van der Waals surface area contributed by atoms with Gasteiger partial charge in [-0.25, -0.2) is 0 Å². The van der Waals surface area contributed by atoms with Crippen LogP contribution in [-0.2, 0) is 6.42 Å². The smallest absolute Gasteiger partial charge is 0.0704 e. The number of aryl methyl sites for hydroxylation is 2. The van der Waals surface area contributed by atoms with E-state index in [0.29, 0.717) is 0 Å². The van der Waals surface area contributed by atoms with E-state index >= 15 is 0 Å². The Labute approximate surface area is 139 Å². The molecule has 0 saturated carbocycles. The molecule has 0 bridgehead atoms. The van der Waals surface area contributed by atoms with Crippen molar-refractivity contribution in [2.45, 2.75) is 33.1 Å². The van der Waals surface area contributed by atoms with Crippen LogP contribution in [0.1, 0.15) is 30.9 Å². The van der Waals surface area contributed by atoms with Crippen LogP contribution in [0.4, 0.5) is 0 Å². The van der Waals surface area contributed by atoms with Crippen LogP contribution in [0.15, 0.2) is 66.9 Å². The van der Waals surface area contributed by atoms with E-state index in [-0.39, 0.29) is 0 Å². The zero-order valence-electron chi connectivity index (χ0n) is 13.9. The molecule has 0 aliphatic rings. The predicted octanol–water partition coefficient (Wildman–Crippen LogP) is 6.07. The third-order valence-electron chi connectivity index (χ3n) is 4.15. The number of pyridine rings is 1. The molecule has 0 amide bonds. The second kappa shape index (κ2) is 7.23. The first kappa shape index (κ1) is 15.5. The molecule has 0 aliphatic carbocycles. The van der Waals surface area contributed by atoms with E-state index in [4.69, 9.17) is 0 Å². The van der Waals surface area contributed by atoms with Gasteiger partial charge >= 0.3 is 0 Å². The van der Waals surface area contributed by atoms with Crippen molar-refractivity contribution in [1.29, 1.82) is 0 Å². The molecule has 0 fully saturated rings. The highest BCUT2D eigenvalue weighted by atomic mass is 14.7. The minimum absolute atomic E-state index is 1.04. The van der Waals surface area contributed by atoms with Gasteiger partial charge in [-0.2, -0.15) is 0 Å². The summed E-state index contributed by atoms with van der Waals surface area (Å²) in [6.07, 6.45) is 5.52. The van der Waals surface area contributed by atoms with Gasteiger partial charge in [0.1, 0.15) is 0 Å². The Bertz CT molecular complexity index is 789. The number of hydrogen-bond acceptors (Lipinski definition) is 1. The molecule has 0 atom stereocenters. The average Bonchev–Trinajstić information content (AvgIpc) is 2.60. The fraction of sp³-hybridized carbons (Fsp3) is 0.227. The van der Waals surface area contributed by atoms with Gasteiger partial charge in [-0.15, -0.1) is 0 Å². The van der Waals surface area contributed by atoms with E-state index in [0.717, 1.165) is 12.1 Å². The lowest BCUT2D eigenvalue weighted by Crippen LogP contribution is -1.88. The van der Waals surface area contributed by atoms with Crippen LogP contribution >= 0.6 is 0 Å². The number of hydrogen-bond donors (Lipinski definition) is 0. The van der Waals surface area contributed by atoms with Crippen molar-refractivity contribution in [3.05, 3.63) is 78.0 Å². The standard InChI is InChI=1S/C22H23N/c1-3-4-7-18-8-5-9-19(15-18)20-10-6-11-21(16-20)22-14-17(2)12-13-23-22/h5-6,8-16H,3-4,7H2,1-2H3. The van der Waals surface area contributed by atoms with Crippen LogP contribution in [-0.4, -0.2) is 4.98 Å². The maximum atomic E-state index is 4.50. The fourth-order valence-corrected chi connectivity index (χ4v) is 2.84. The molecule has 2 aromatic carbocycles. The number of unbranched alkanes of at least 4 members (excludes halogenated alkanes) is 1. The number of benzene rings is 2. The summed E-state index contributed by atoms with van der Waals surface area (Å²) in [5.74, 6) is 0. The third-order valence-corrected chi connectivity index (χ3v) is 4.15. The summed E-state index contributed by atoms with van der Waals surface area (Å²) in [5, 5.41) is 0. The van der Waals surface area contributed by atoms with Gasteiger partial charge in [-0.1, -0.05) is 55.8 Å². The van der Waals surface area contributed by atoms with Crippen molar-refractivity contribution in [1.82, 2.24) is 4.98 Å². The molecule has 1 aromatic heterocycles. The zero-order valence-corrected chi connectivity index (χ0v) is 13.9. The molecule has 0 unspecified atom stereocenters. The van der Waals surface area contributed by atoms with E-state index in [1.807, 2.05) is 12.3 Å². The van der Waals surface area contributed by atoms with Crippen molar-refractivity contribution in [2.75, 3.05) is 0 Å². The van der Waals surface area contributed by atoms with Crippen molar-refractivity contribution in [3.8, 4) is 22.4 Å². The van der Waals surface area contributed by atoms with Gasteiger partial charge in [0.25, 0.3) is 0 Å². The molecule has 1 nitrogen and oxygen atoms in total. The minimum atomic E-state index is 1.04. The summed E-state index contributed by atoms with van der Waals surface area (Å²) in [6.45, 7) is 4.34. The number of aromatic nitrogens is 1. The Kier molecular flexibility index (Phi) is 4.87. The molecule has 23 heavy (non-hydrogen) atoms. The molecule has 0 saturated heterocycles. The summed E-state index contributed by atoms with van der Waals surface area (Å²) in [5.41, 5.74) is 7.40. The van der Waals surface area contributed by atoms with Crippen molar-refractivity contribution in [2.24, 2.45) is 0 Å². The van der Waals surface area contributed by atoms with Crippen LogP contribution in [0.3, 0.4) is 0 Å². The van der Waals surface area contributed by atoms with Crippen molar-refractivity contribution in [3.63, 3.8) is 0 Å². The van der Waals surface area contributed by atoms with Gasteiger partial charge in [-0.05, 0) is 60.2 Å². The summed E-state index contributed by atoms with van der Waals surface area (Å²) in [7, 11) is 0. The van der Waals surface area contributed by atoms with Gasteiger partial charge in [0.05, 0.1) is 5.69 Å². The topological polar surface area (TPSA) is 12.9 Å². The highest BCUT2D eigenvalue weighted by Gasteiger charge is 2.04. The van der Waals surface area contributed by atoms with Crippen molar-refractivity contribution >= 4 is 0 Å². The molecule has 0 N–H and O–H groups in total. The van der Waals surface area contributed by atoms with Gasteiger partial charge in [0, 0.05) is 11.8 Å². The lowest BCUT2D eigenvalue weighted by Gasteiger charge is -2.08. The maximum Gasteiger partial charge on any atom is 0.0704 e. The molecule has 1 heteroatoms. The summed E-state index contributed by atoms with van der Waals surface area (Å²) in [6, 6.07) is 21.7. The second-order valence-electron chi connectivity index (χ2n) is 6.10. The van der Waals surface area contributed by atoms with Crippen LogP contribution in [0.25, 0.3) is 22.4 Å². The largest absolute Gasteiger partial charge is 0.256 e. The molecular weight excluding hydrogens is 278 g/mol. The first-order valence-electron chi connectivity index (χ1n) is 8.38. The van der Waals surface area contributed by atoms with Gasteiger partial charge in [-0.3, -0.25) is 4.98 Å². The summed E-state index contributed by atoms with van der Waals surface area (Å²) < 4.78 is 0. The van der Waals surface area contributed by atoms with Crippen molar-refractivity contribution < 1.29 is 0 Å². The van der Waals surface area contributed by atoms with E-state index in [2.05, 4.69) is 73.4 Å². The molecule has 0 aliphatic heterocycles. The van der Waals surface area contributed by atoms with Crippen LogP contribution < -0.4 is 0 Å². The Morgan fingerprint density at radius 2 is 1.57 bits per heavy atom. The quantitative estimate of drug-likeness (QED) is 0.557. The van der Waals surface area contributed by atoms with E-state index in [1.54, 1.807) is 0 Å². The average molecular weight is 301 g/mol. The summed E-state index contributed by atoms with van der Waals surface area (Å²) >= 11 is 0. The minimum Gasteiger partial charge on any atom is -0.256 e. The van der Waals surface area contributed by atoms with Crippen LogP contribution in [0, 0.1) is 6.92 Å². The Morgan fingerprint density at radius 1 is 0.826 bits per heavy atom. The SMILES string of the molecule is CCCCc1cccc(-c2cccc(-c3cc(C)ccn3)c2)c1. The fourth-order valence-electron chi connectivity index (χ4n) is 2.84. The van der Waals surface area contributed by atoms with E-state index in [1.165, 1.54) is 40.7 Å². The molecule has 3 rings (SSSR count). The molecule has 0 spiro atoms. The number of rotatable bonds is 5. The molecule has 0 radical (unpaired) electrons. The van der Waals surface area contributed by atoms with Gasteiger partial charge < -0.3 is 0 Å². The summed E-state index contributed by atoms with van der Waals surface area (Å²) in [4.78, 5) is 4.50. The molecular formula is C22H23N. The highest BCUT2D eigenvalue weighted by Crippen LogP contribution is 2.26. The monoisotopic (exact) mass is 301 g/mol. The lowest BCUT2D eigenvalue weighted by atomic mass is 9.98. The maximum absolute atomic E-state index is 4.50. The Hall–Kier alpha value is -2.41. The first-order valence-corrected chi connectivity index (χ1v) is 8.38. The predicted molar refractivity (Wildman–Crippen MR) is 98.5 cm³/mol. The van der Waals surface area contributed by atoms with Gasteiger partial charge in [0.15, 0.2) is 0 Å². The lowest BCUT2D eigenvalue weighted by molar-refractivity contribution is 0.795. The van der Waals surface area contributed by atoms with E-state index in [9.17, 15) is 0 Å². The zero-order chi connectivity index (χ0) is 16.1. The highest BCUT2D eigenvalue weighted by molar-refractivity contribution is 5.71. The van der Waals surface area contributed by atoms with Crippen LogP contribution in [0.5, 0.6) is 0 Å². The van der Waals surface area contributed by atoms with Gasteiger partial charge in [0.2, 0.25) is 0 Å².